The topological polar surface area (TPSA) is 9.23 Å². The molecule has 1 aromatic carbocycles. The first-order chi connectivity index (χ1) is 10.6. The summed E-state index contributed by atoms with van der Waals surface area (Å²) < 4.78 is 20.0. The lowest BCUT2D eigenvalue weighted by molar-refractivity contribution is -0.0627. The Bertz CT molecular complexity index is 569. The standard InChI is InChI=1S/C20H26FO/c1-20-11-10-15-16(18(20)4-3-5-19(20)21)9-7-13-6-8-14(22-2)12-17(13)15/h6,12,15-16,18-19H,3-5,7,9-11H2,1-2H3/t15-,16+,18-,19?,20-/m0/s1. The molecule has 2 fully saturated rings. The van der Waals surface area contributed by atoms with E-state index in [1.54, 1.807) is 7.11 Å². The highest BCUT2D eigenvalue weighted by Gasteiger charge is 2.53. The fourth-order valence-electron chi connectivity index (χ4n) is 5.72. The lowest BCUT2D eigenvalue weighted by Gasteiger charge is -2.55. The van der Waals surface area contributed by atoms with E-state index in [2.05, 4.69) is 25.1 Å². The van der Waals surface area contributed by atoms with Gasteiger partial charge in [0.25, 0.3) is 0 Å². The summed E-state index contributed by atoms with van der Waals surface area (Å²) in [5, 5.41) is 0. The summed E-state index contributed by atoms with van der Waals surface area (Å²) in [7, 11) is 1.71. The minimum absolute atomic E-state index is 0.0675. The quantitative estimate of drug-likeness (QED) is 0.703. The van der Waals surface area contributed by atoms with Crippen LogP contribution in [0.4, 0.5) is 4.39 Å². The fraction of sp³-hybridized carbons (Fsp3) is 0.700. The van der Waals surface area contributed by atoms with E-state index < -0.39 is 6.17 Å². The third-order valence-electron chi connectivity index (χ3n) is 6.98. The second-order valence-electron chi connectivity index (χ2n) is 7.84. The Kier molecular flexibility index (Phi) is 3.47. The SMILES string of the molecule is COc1[c]cc2c(c1)[C@H]1CC[C@]3(C)C(F)CCC[C@H]3[C@@H]1CC2. The molecular weight excluding hydrogens is 275 g/mol. The van der Waals surface area contributed by atoms with Crippen LogP contribution in [-0.2, 0) is 6.42 Å². The smallest absolute Gasteiger partial charge is 0.127 e. The minimum atomic E-state index is -0.591. The van der Waals surface area contributed by atoms with Crippen molar-refractivity contribution in [3.05, 3.63) is 29.3 Å². The van der Waals surface area contributed by atoms with E-state index in [1.807, 2.05) is 0 Å². The zero-order valence-corrected chi connectivity index (χ0v) is 13.7. The van der Waals surface area contributed by atoms with Crippen molar-refractivity contribution in [1.82, 2.24) is 0 Å². The molecule has 0 aliphatic heterocycles. The van der Waals surface area contributed by atoms with E-state index in [-0.39, 0.29) is 5.41 Å². The molecule has 1 radical (unpaired) electrons. The Morgan fingerprint density at radius 2 is 2.14 bits per heavy atom. The first-order valence-corrected chi connectivity index (χ1v) is 8.86. The van der Waals surface area contributed by atoms with E-state index in [1.165, 1.54) is 24.0 Å². The van der Waals surface area contributed by atoms with E-state index in [0.717, 1.165) is 37.9 Å². The molecule has 0 amide bonds. The highest BCUT2D eigenvalue weighted by atomic mass is 19.1. The molecule has 119 valence electrons. The third-order valence-corrected chi connectivity index (χ3v) is 6.98. The van der Waals surface area contributed by atoms with Gasteiger partial charge in [-0.05, 0) is 79.5 Å². The van der Waals surface area contributed by atoms with Crippen LogP contribution in [0.2, 0.25) is 0 Å². The molecule has 0 N–H and O–H groups in total. The highest BCUT2D eigenvalue weighted by molar-refractivity contribution is 5.40. The number of fused-ring (bicyclic) bond motifs is 5. The van der Waals surface area contributed by atoms with E-state index >= 15 is 0 Å². The summed E-state index contributed by atoms with van der Waals surface area (Å²) >= 11 is 0. The summed E-state index contributed by atoms with van der Waals surface area (Å²) in [5.41, 5.74) is 2.84. The van der Waals surface area contributed by atoms with Gasteiger partial charge in [0, 0.05) is 11.5 Å². The van der Waals surface area contributed by atoms with Crippen molar-refractivity contribution in [2.45, 2.75) is 64.0 Å². The summed E-state index contributed by atoms with van der Waals surface area (Å²) in [6, 6.07) is 7.55. The maximum atomic E-state index is 14.7. The first kappa shape index (κ1) is 14.5. The van der Waals surface area contributed by atoms with Crippen molar-refractivity contribution in [2.24, 2.45) is 17.3 Å². The fourth-order valence-corrected chi connectivity index (χ4v) is 5.72. The largest absolute Gasteiger partial charge is 0.496 e. The molecule has 2 heteroatoms. The molecule has 3 aliphatic rings. The molecule has 0 spiro atoms. The van der Waals surface area contributed by atoms with Gasteiger partial charge in [0.1, 0.15) is 11.9 Å². The summed E-state index contributed by atoms with van der Waals surface area (Å²) in [5.74, 6) is 2.69. The number of benzene rings is 1. The zero-order chi connectivity index (χ0) is 15.3. The molecule has 0 bridgehead atoms. The van der Waals surface area contributed by atoms with Crippen LogP contribution in [0.25, 0.3) is 0 Å². The van der Waals surface area contributed by atoms with Gasteiger partial charge in [-0.2, -0.15) is 0 Å². The van der Waals surface area contributed by atoms with Gasteiger partial charge in [-0.1, -0.05) is 13.3 Å². The first-order valence-electron chi connectivity index (χ1n) is 8.86. The minimum Gasteiger partial charge on any atom is -0.496 e. The predicted molar refractivity (Wildman–Crippen MR) is 86.0 cm³/mol. The maximum absolute atomic E-state index is 14.7. The van der Waals surface area contributed by atoms with Crippen LogP contribution in [0, 0.1) is 23.3 Å². The number of methoxy groups -OCH3 is 1. The van der Waals surface area contributed by atoms with Gasteiger partial charge < -0.3 is 4.74 Å². The van der Waals surface area contributed by atoms with Crippen molar-refractivity contribution < 1.29 is 9.13 Å². The van der Waals surface area contributed by atoms with E-state index in [9.17, 15) is 4.39 Å². The average molecular weight is 301 g/mol. The molecule has 0 aromatic heterocycles. The van der Waals surface area contributed by atoms with Gasteiger partial charge in [0.2, 0.25) is 0 Å². The summed E-state index contributed by atoms with van der Waals surface area (Å²) in [4.78, 5) is 0. The van der Waals surface area contributed by atoms with Crippen LogP contribution >= 0.6 is 0 Å². The van der Waals surface area contributed by atoms with Gasteiger partial charge >= 0.3 is 0 Å². The lowest BCUT2D eigenvalue weighted by atomic mass is 9.50. The van der Waals surface area contributed by atoms with Gasteiger partial charge in [0.05, 0.1) is 7.11 Å². The molecule has 4 rings (SSSR count). The van der Waals surface area contributed by atoms with Crippen molar-refractivity contribution in [2.75, 3.05) is 7.11 Å². The van der Waals surface area contributed by atoms with Crippen LogP contribution < -0.4 is 4.74 Å². The number of alkyl halides is 1. The Morgan fingerprint density at radius 1 is 1.27 bits per heavy atom. The predicted octanol–water partition coefficient (Wildman–Crippen LogP) is 5.08. The van der Waals surface area contributed by atoms with Gasteiger partial charge in [-0.25, -0.2) is 4.39 Å². The number of ether oxygens (including phenoxy) is 1. The third kappa shape index (κ3) is 2.02. The Labute approximate surface area is 133 Å². The molecular formula is C20H26FO. The van der Waals surface area contributed by atoms with Crippen LogP contribution in [-0.4, -0.2) is 13.3 Å². The zero-order valence-electron chi connectivity index (χ0n) is 13.7. The van der Waals surface area contributed by atoms with Crippen LogP contribution in [0.15, 0.2) is 12.1 Å². The monoisotopic (exact) mass is 301 g/mol. The molecule has 22 heavy (non-hydrogen) atoms. The molecule has 1 unspecified atom stereocenters. The number of hydrogen-bond acceptors (Lipinski definition) is 1. The number of aryl methyl sites for hydroxylation is 1. The number of halogens is 1. The highest BCUT2D eigenvalue weighted by Crippen LogP contribution is 2.60. The second kappa shape index (κ2) is 5.25. The van der Waals surface area contributed by atoms with Gasteiger partial charge in [-0.15, -0.1) is 0 Å². The molecule has 0 heterocycles. The average Bonchev–Trinajstić information content (AvgIpc) is 2.55. The molecule has 2 saturated carbocycles. The van der Waals surface area contributed by atoms with Crippen LogP contribution in [0.1, 0.15) is 62.5 Å². The van der Waals surface area contributed by atoms with Gasteiger partial charge in [0.15, 0.2) is 0 Å². The van der Waals surface area contributed by atoms with Crippen molar-refractivity contribution >= 4 is 0 Å². The maximum Gasteiger partial charge on any atom is 0.127 e. The summed E-state index contributed by atoms with van der Waals surface area (Å²) in [6.45, 7) is 2.23. The normalized spacial score (nSPS) is 40.3. The van der Waals surface area contributed by atoms with Crippen molar-refractivity contribution in [3.63, 3.8) is 0 Å². The van der Waals surface area contributed by atoms with E-state index in [4.69, 9.17) is 4.74 Å². The Balaban J connectivity index is 1.70. The van der Waals surface area contributed by atoms with Crippen molar-refractivity contribution in [3.8, 4) is 5.75 Å². The molecule has 1 aromatic rings. The Hall–Kier alpha value is -1.05. The van der Waals surface area contributed by atoms with Crippen LogP contribution in [0.5, 0.6) is 5.75 Å². The molecule has 3 aliphatic carbocycles. The summed E-state index contributed by atoms with van der Waals surface area (Å²) in [6.07, 6.45) is 7.02. The van der Waals surface area contributed by atoms with Crippen LogP contribution in [0.3, 0.4) is 0 Å². The molecule has 0 saturated heterocycles. The lowest BCUT2D eigenvalue weighted by Crippen LogP contribution is -2.49. The second-order valence-corrected chi connectivity index (χ2v) is 7.84. The number of rotatable bonds is 1. The van der Waals surface area contributed by atoms with E-state index in [0.29, 0.717) is 17.8 Å². The van der Waals surface area contributed by atoms with Crippen molar-refractivity contribution in [1.29, 1.82) is 0 Å². The van der Waals surface area contributed by atoms with Gasteiger partial charge in [-0.3, -0.25) is 0 Å². The molecule has 1 nitrogen and oxygen atoms in total. The number of hydrogen-bond donors (Lipinski definition) is 0. The Morgan fingerprint density at radius 3 is 2.95 bits per heavy atom. The molecule has 5 atom stereocenters.